The minimum atomic E-state index is -3.61. The maximum atomic E-state index is 11.6. The molecule has 0 fully saturated rings. The maximum absolute atomic E-state index is 11.6. The molecule has 1 radical (unpaired) electrons. The second kappa shape index (κ2) is 26.1. The zero-order valence-electron chi connectivity index (χ0n) is 24.5. The van der Waals surface area contributed by atoms with Gasteiger partial charge >= 0.3 is 17.1 Å². The molecule has 0 bridgehead atoms. The molecule has 4 heterocycles. The van der Waals surface area contributed by atoms with Crippen molar-refractivity contribution in [2.45, 2.75) is 18.2 Å². The van der Waals surface area contributed by atoms with Crippen LogP contribution >= 0.6 is 0 Å². The van der Waals surface area contributed by atoms with E-state index in [1.807, 2.05) is 79.7 Å². The number of aliphatic carboxylic acids is 1. The number of pyridine rings is 4. The Hall–Kier alpha value is -4.15. The van der Waals surface area contributed by atoms with Gasteiger partial charge in [0.1, 0.15) is 0 Å². The number of hydrogen-bond donors (Lipinski definition) is 1. The number of aromatic nitrogens is 4. The van der Waals surface area contributed by atoms with Crippen molar-refractivity contribution in [1.82, 2.24) is 24.7 Å². The van der Waals surface area contributed by atoms with Crippen LogP contribution in [-0.4, -0.2) is 62.8 Å². The quantitative estimate of drug-likeness (QED) is 0.174. The van der Waals surface area contributed by atoms with Gasteiger partial charge in [-0.1, -0.05) is 42.0 Å². The first-order valence-corrected chi connectivity index (χ1v) is 13.7. The molecule has 0 aliphatic carbocycles. The molecule has 0 spiro atoms. The monoisotopic (exact) mass is 724 g/mol. The fourth-order valence-electron chi connectivity index (χ4n) is 3.15. The van der Waals surface area contributed by atoms with Gasteiger partial charge in [0, 0.05) is 43.7 Å². The SMILES string of the molecule is Cc1ccc(S(=O)(=O)NCCC(=O)[O-])cc1.O.O.O.O.[Cl-].[Cu+2].c1ccc(-c2ccccn2)nc1.c1ccc(-c2ccccn2)nc1. The summed E-state index contributed by atoms with van der Waals surface area (Å²) in [4.78, 5) is 27.0. The molecule has 16 heteroatoms. The fourth-order valence-corrected chi connectivity index (χ4v) is 4.18. The van der Waals surface area contributed by atoms with Crippen LogP contribution in [0.3, 0.4) is 0 Å². The molecule has 5 aromatic rings. The molecule has 0 aliphatic rings. The van der Waals surface area contributed by atoms with Gasteiger partial charge in [-0.25, -0.2) is 13.1 Å². The number of benzene rings is 1. The number of sulfonamides is 1. The van der Waals surface area contributed by atoms with E-state index in [-0.39, 0.29) is 69.2 Å². The molecule has 13 nitrogen and oxygen atoms in total. The average molecular weight is 726 g/mol. The largest absolute Gasteiger partial charge is 2.00 e. The number of rotatable bonds is 7. The molecule has 253 valence electrons. The predicted octanol–water partition coefficient (Wildman–Crippen LogP) is -2.60. The summed E-state index contributed by atoms with van der Waals surface area (Å²) in [6, 6.07) is 29.5. The van der Waals surface area contributed by atoms with Crippen molar-refractivity contribution in [1.29, 1.82) is 0 Å². The van der Waals surface area contributed by atoms with Gasteiger partial charge in [-0.05, 0) is 67.6 Å². The molecule has 0 saturated heterocycles. The second-order valence-corrected chi connectivity index (χ2v) is 9.96. The van der Waals surface area contributed by atoms with Crippen LogP contribution < -0.4 is 22.2 Å². The molecule has 0 saturated carbocycles. The first kappa shape index (κ1) is 48.7. The molecule has 0 unspecified atom stereocenters. The van der Waals surface area contributed by atoms with Crippen LogP contribution in [0.4, 0.5) is 0 Å². The molecule has 1 aromatic carbocycles. The molecule has 0 aliphatic heterocycles. The molecule has 4 aromatic heterocycles. The molecular formula is C30H36ClCuN5O8S. The van der Waals surface area contributed by atoms with E-state index < -0.39 is 16.0 Å². The van der Waals surface area contributed by atoms with Crippen molar-refractivity contribution in [3.63, 3.8) is 0 Å². The Morgan fingerprint density at radius 2 is 0.957 bits per heavy atom. The number of carbonyl (C=O) groups is 1. The van der Waals surface area contributed by atoms with E-state index in [2.05, 4.69) is 24.7 Å². The summed E-state index contributed by atoms with van der Waals surface area (Å²) in [6.45, 7) is 1.68. The second-order valence-electron chi connectivity index (χ2n) is 8.19. The van der Waals surface area contributed by atoms with Crippen LogP contribution in [0.25, 0.3) is 22.8 Å². The maximum Gasteiger partial charge on any atom is 2.00 e. The van der Waals surface area contributed by atoms with Crippen molar-refractivity contribution in [3.8, 4) is 22.8 Å². The van der Waals surface area contributed by atoms with Gasteiger partial charge in [-0.15, -0.1) is 0 Å². The number of carboxylic acids is 1. The predicted molar refractivity (Wildman–Crippen MR) is 165 cm³/mol. The Morgan fingerprint density at radius 3 is 1.22 bits per heavy atom. The smallest absolute Gasteiger partial charge is 1.00 e. The van der Waals surface area contributed by atoms with Gasteiger partial charge in [-0.2, -0.15) is 0 Å². The van der Waals surface area contributed by atoms with E-state index in [1.54, 1.807) is 36.9 Å². The molecule has 0 atom stereocenters. The Kier molecular flexibility index (Phi) is 27.7. The van der Waals surface area contributed by atoms with Gasteiger partial charge < -0.3 is 44.2 Å². The average Bonchev–Trinajstić information content (AvgIpc) is 3.00. The molecule has 0 amide bonds. The van der Waals surface area contributed by atoms with Crippen molar-refractivity contribution in [2.24, 2.45) is 0 Å². The van der Waals surface area contributed by atoms with Gasteiger partial charge in [0.05, 0.1) is 27.7 Å². The number of nitrogens with one attached hydrogen (secondary N) is 1. The summed E-state index contributed by atoms with van der Waals surface area (Å²) in [7, 11) is -3.61. The summed E-state index contributed by atoms with van der Waals surface area (Å²) in [5.74, 6) is -1.29. The molecular weight excluding hydrogens is 689 g/mol. The van der Waals surface area contributed by atoms with Crippen molar-refractivity contribution in [3.05, 3.63) is 127 Å². The summed E-state index contributed by atoms with van der Waals surface area (Å²) < 4.78 is 25.4. The van der Waals surface area contributed by atoms with Crippen molar-refractivity contribution >= 4 is 16.0 Å². The zero-order chi connectivity index (χ0) is 28.6. The first-order valence-electron chi connectivity index (χ1n) is 12.3. The van der Waals surface area contributed by atoms with E-state index in [9.17, 15) is 18.3 Å². The van der Waals surface area contributed by atoms with Crippen molar-refractivity contribution in [2.75, 3.05) is 6.54 Å². The molecule has 46 heavy (non-hydrogen) atoms. The minimum absolute atomic E-state index is 0. The topological polar surface area (TPSA) is 264 Å². The van der Waals surface area contributed by atoms with E-state index in [1.165, 1.54) is 12.1 Å². The molecule has 5 rings (SSSR count). The Morgan fingerprint density at radius 1 is 0.630 bits per heavy atom. The third-order valence-electron chi connectivity index (χ3n) is 5.14. The fraction of sp³-hybridized carbons (Fsp3) is 0.100. The van der Waals surface area contributed by atoms with Crippen molar-refractivity contribution < 1.29 is 69.7 Å². The van der Waals surface area contributed by atoms with E-state index in [0.717, 1.165) is 28.3 Å². The zero-order valence-corrected chi connectivity index (χ0v) is 27.0. The normalized spacial score (nSPS) is 8.98. The van der Waals surface area contributed by atoms with Crippen LogP contribution in [0.15, 0.2) is 127 Å². The number of carboxylic acid groups (broad SMARTS) is 1. The van der Waals surface area contributed by atoms with Crippen LogP contribution in [0.5, 0.6) is 0 Å². The third-order valence-corrected chi connectivity index (χ3v) is 6.61. The molecule has 9 N–H and O–H groups in total. The summed E-state index contributed by atoms with van der Waals surface area (Å²) in [5, 5.41) is 10.1. The Balaban J connectivity index is -0.000000273. The van der Waals surface area contributed by atoms with Crippen LogP contribution in [0.2, 0.25) is 0 Å². The number of halogens is 1. The van der Waals surface area contributed by atoms with Crippen LogP contribution in [0, 0.1) is 6.92 Å². The third kappa shape index (κ3) is 17.4. The summed E-state index contributed by atoms with van der Waals surface area (Å²) in [6.07, 6.45) is 6.73. The van der Waals surface area contributed by atoms with Crippen LogP contribution in [-0.2, 0) is 31.9 Å². The Labute approximate surface area is 284 Å². The van der Waals surface area contributed by atoms with E-state index >= 15 is 0 Å². The number of nitrogens with zero attached hydrogens (tertiary/aromatic N) is 4. The van der Waals surface area contributed by atoms with Crippen LogP contribution in [0.1, 0.15) is 12.0 Å². The van der Waals surface area contributed by atoms with Gasteiger partial charge in [0.25, 0.3) is 0 Å². The number of carbonyl (C=O) groups excluding carboxylic acids is 1. The summed E-state index contributed by atoms with van der Waals surface area (Å²) in [5.41, 5.74) is 4.61. The number of hydrogen-bond acceptors (Lipinski definition) is 8. The number of aryl methyl sites for hydroxylation is 1. The standard InChI is InChI=1S/2C10H8N2.C10H13NO4S.ClH.Cu.4H2O/c2*1-3-7-11-9(5-1)10-6-2-4-8-12-10;1-8-2-4-9(5-3-8)16(14,15)11-7-6-10(12)13;;;;;;/h2*1-8H;2-5,11H,6-7H2,1H3,(H,12,13);1H;;4*1H2/q;;;;+2;;;;/p-2. The van der Waals surface area contributed by atoms with Gasteiger partial charge in [0.15, 0.2) is 0 Å². The van der Waals surface area contributed by atoms with E-state index in [0.29, 0.717) is 0 Å². The van der Waals surface area contributed by atoms with Gasteiger partial charge in [0.2, 0.25) is 10.0 Å². The summed E-state index contributed by atoms with van der Waals surface area (Å²) >= 11 is 0. The minimum Gasteiger partial charge on any atom is -1.00 e. The van der Waals surface area contributed by atoms with E-state index in [4.69, 9.17) is 0 Å². The Bertz CT molecular complexity index is 1410. The van der Waals surface area contributed by atoms with Gasteiger partial charge in [-0.3, -0.25) is 19.9 Å². The first-order chi connectivity index (χ1) is 19.3.